The summed E-state index contributed by atoms with van der Waals surface area (Å²) in [6, 6.07) is 3.42. The lowest BCUT2D eigenvalue weighted by Crippen LogP contribution is -2.67. The zero-order valence-electron chi connectivity index (χ0n) is 13.7. The Hall–Kier alpha value is -2.00. The highest BCUT2D eigenvalue weighted by molar-refractivity contribution is 5.16. The third kappa shape index (κ3) is 3.38. The molecule has 3 saturated heterocycles. The smallest absolute Gasteiger partial charge is 0.340 e. The highest BCUT2D eigenvalue weighted by Crippen LogP contribution is 2.34. The fourth-order valence-electron chi connectivity index (χ4n) is 3.67. The molecule has 3 aliphatic heterocycles. The summed E-state index contributed by atoms with van der Waals surface area (Å²) in [5.74, 6) is 1.27. The van der Waals surface area contributed by atoms with Crippen LogP contribution in [0.25, 0.3) is 0 Å². The highest BCUT2D eigenvalue weighted by Gasteiger charge is 2.44. The molecule has 2 aromatic heterocycles. The van der Waals surface area contributed by atoms with E-state index in [1.807, 2.05) is 0 Å². The molecule has 2 aromatic rings. The van der Waals surface area contributed by atoms with Gasteiger partial charge in [0.1, 0.15) is 5.69 Å². The minimum atomic E-state index is -4.39. The topological polar surface area (TPSA) is 58.3 Å². The molecule has 3 fully saturated rings. The quantitative estimate of drug-likeness (QED) is 0.840. The number of fused-ring (bicyclic) bond motifs is 2. The van der Waals surface area contributed by atoms with Gasteiger partial charge in [-0.05, 0) is 18.1 Å². The molecule has 0 radical (unpaired) electrons. The lowest BCUT2D eigenvalue weighted by molar-refractivity contribution is -0.141. The van der Waals surface area contributed by atoms with Gasteiger partial charge < -0.3 is 4.52 Å². The fourth-order valence-corrected chi connectivity index (χ4v) is 3.67. The molecule has 2 atom stereocenters. The predicted molar refractivity (Wildman–Crippen MR) is 81.3 cm³/mol. The number of piperazine rings is 1. The normalized spacial score (nSPS) is 24.3. The van der Waals surface area contributed by atoms with Gasteiger partial charge in [0.2, 0.25) is 5.89 Å². The number of hydrogen-bond acceptors (Lipinski definition) is 6. The second-order valence-corrected chi connectivity index (χ2v) is 6.69. The molecule has 0 spiro atoms. The van der Waals surface area contributed by atoms with Gasteiger partial charge >= 0.3 is 6.18 Å². The number of aryl methyl sites for hydroxylation is 1. The second-order valence-electron chi connectivity index (χ2n) is 6.69. The summed E-state index contributed by atoms with van der Waals surface area (Å²) in [5, 5.41) is 3.94. The van der Waals surface area contributed by atoms with Crippen molar-refractivity contribution in [1.82, 2.24) is 24.9 Å². The Bertz CT molecular complexity index is 733. The van der Waals surface area contributed by atoms with Crippen LogP contribution in [-0.2, 0) is 19.3 Å². The van der Waals surface area contributed by atoms with E-state index in [1.165, 1.54) is 12.3 Å². The standard InChI is InChI=1S/C16H18F3N5O/c1-10-21-15(22-25-10)9-24-12-4-13(24)8-23(7-12)6-11-2-3-14(20-5-11)16(17,18)19/h2-3,5,12-13H,4,6-9H2,1H3. The van der Waals surface area contributed by atoms with Gasteiger partial charge in [-0.2, -0.15) is 18.2 Å². The molecule has 0 saturated carbocycles. The minimum Gasteiger partial charge on any atom is -0.340 e. The summed E-state index contributed by atoms with van der Waals surface area (Å²) in [7, 11) is 0. The Labute approximate surface area is 142 Å². The van der Waals surface area contributed by atoms with E-state index in [2.05, 4.69) is 24.9 Å². The number of halogens is 3. The molecule has 0 N–H and O–H groups in total. The largest absolute Gasteiger partial charge is 0.433 e. The van der Waals surface area contributed by atoms with Crippen LogP contribution >= 0.6 is 0 Å². The zero-order chi connectivity index (χ0) is 17.6. The van der Waals surface area contributed by atoms with Crippen molar-refractivity contribution in [2.75, 3.05) is 13.1 Å². The number of nitrogens with zero attached hydrogens (tertiary/aromatic N) is 5. The van der Waals surface area contributed by atoms with Gasteiger partial charge in [0, 0.05) is 44.8 Å². The Balaban J connectivity index is 1.33. The highest BCUT2D eigenvalue weighted by atomic mass is 19.4. The van der Waals surface area contributed by atoms with Crippen LogP contribution in [0.3, 0.4) is 0 Å². The van der Waals surface area contributed by atoms with Gasteiger partial charge in [0.15, 0.2) is 5.82 Å². The van der Waals surface area contributed by atoms with Crippen LogP contribution in [-0.4, -0.2) is 50.1 Å². The Morgan fingerprint density at radius 3 is 2.52 bits per heavy atom. The van der Waals surface area contributed by atoms with Gasteiger partial charge in [-0.25, -0.2) is 0 Å². The summed E-state index contributed by atoms with van der Waals surface area (Å²) in [6.07, 6.45) is -1.93. The van der Waals surface area contributed by atoms with Crippen LogP contribution < -0.4 is 0 Å². The van der Waals surface area contributed by atoms with Gasteiger partial charge in [-0.15, -0.1) is 0 Å². The molecule has 0 aromatic carbocycles. The first-order valence-electron chi connectivity index (χ1n) is 8.18. The van der Waals surface area contributed by atoms with Crippen LogP contribution in [0.1, 0.15) is 29.4 Å². The van der Waals surface area contributed by atoms with Crippen molar-refractivity contribution in [1.29, 1.82) is 0 Å². The lowest BCUT2D eigenvalue weighted by atomic mass is 9.87. The maximum Gasteiger partial charge on any atom is 0.433 e. The third-order valence-corrected chi connectivity index (χ3v) is 4.84. The van der Waals surface area contributed by atoms with Crippen LogP contribution in [0.15, 0.2) is 22.9 Å². The van der Waals surface area contributed by atoms with E-state index in [0.717, 1.165) is 31.1 Å². The molecule has 9 heteroatoms. The van der Waals surface area contributed by atoms with Crippen molar-refractivity contribution in [2.45, 2.75) is 44.7 Å². The summed E-state index contributed by atoms with van der Waals surface area (Å²) in [5.41, 5.74) is -0.0473. The van der Waals surface area contributed by atoms with Crippen LogP contribution in [0.2, 0.25) is 0 Å². The summed E-state index contributed by atoms with van der Waals surface area (Å²) in [6.45, 7) is 4.84. The second kappa shape index (κ2) is 6.06. The molecule has 0 amide bonds. The van der Waals surface area contributed by atoms with Crippen LogP contribution in [0, 0.1) is 6.92 Å². The molecular formula is C16H18F3N5O. The minimum absolute atomic E-state index is 0.431. The van der Waals surface area contributed by atoms with Crippen molar-refractivity contribution in [3.05, 3.63) is 41.3 Å². The summed E-state index contributed by atoms with van der Waals surface area (Å²) < 4.78 is 42.7. The molecule has 25 heavy (non-hydrogen) atoms. The fraction of sp³-hybridized carbons (Fsp3) is 0.562. The summed E-state index contributed by atoms with van der Waals surface area (Å²) in [4.78, 5) is 12.4. The SMILES string of the molecule is Cc1nc(CN2C3CC2CN(Cc2ccc(C(F)(F)F)nc2)C3)no1. The van der Waals surface area contributed by atoms with Crippen molar-refractivity contribution in [2.24, 2.45) is 0 Å². The van der Waals surface area contributed by atoms with E-state index in [1.54, 1.807) is 6.92 Å². The van der Waals surface area contributed by atoms with E-state index < -0.39 is 11.9 Å². The van der Waals surface area contributed by atoms with Crippen molar-refractivity contribution < 1.29 is 17.7 Å². The van der Waals surface area contributed by atoms with Gasteiger partial charge in [-0.1, -0.05) is 11.2 Å². The van der Waals surface area contributed by atoms with Crippen molar-refractivity contribution in [3.63, 3.8) is 0 Å². The molecule has 5 heterocycles. The average Bonchev–Trinajstić information content (AvgIpc) is 2.98. The molecule has 5 rings (SSSR count). The molecular weight excluding hydrogens is 335 g/mol. The molecule has 2 bridgehead atoms. The maximum atomic E-state index is 12.6. The third-order valence-electron chi connectivity index (χ3n) is 4.84. The number of rotatable bonds is 4. The Morgan fingerprint density at radius 2 is 1.96 bits per heavy atom. The first-order chi connectivity index (χ1) is 11.9. The van der Waals surface area contributed by atoms with Crippen molar-refractivity contribution in [3.8, 4) is 0 Å². The Morgan fingerprint density at radius 1 is 1.20 bits per heavy atom. The molecule has 0 aliphatic carbocycles. The number of hydrogen-bond donors (Lipinski definition) is 0. The molecule has 6 nitrogen and oxygen atoms in total. The number of aromatic nitrogens is 3. The predicted octanol–water partition coefficient (Wildman–Crippen LogP) is 2.25. The number of alkyl halides is 3. The van der Waals surface area contributed by atoms with Crippen LogP contribution in [0.4, 0.5) is 13.2 Å². The summed E-state index contributed by atoms with van der Waals surface area (Å²) >= 11 is 0. The van der Waals surface area contributed by atoms with Gasteiger partial charge in [0.25, 0.3) is 0 Å². The number of piperidine rings is 1. The van der Waals surface area contributed by atoms with E-state index in [0.29, 0.717) is 36.9 Å². The molecule has 3 aliphatic rings. The van der Waals surface area contributed by atoms with E-state index >= 15 is 0 Å². The average molecular weight is 353 g/mol. The van der Waals surface area contributed by atoms with Gasteiger partial charge in [0.05, 0.1) is 6.54 Å². The van der Waals surface area contributed by atoms with Crippen LogP contribution in [0.5, 0.6) is 0 Å². The van der Waals surface area contributed by atoms with E-state index in [-0.39, 0.29) is 0 Å². The maximum absolute atomic E-state index is 12.6. The Kier molecular flexibility index (Phi) is 3.99. The van der Waals surface area contributed by atoms with E-state index in [4.69, 9.17) is 4.52 Å². The van der Waals surface area contributed by atoms with E-state index in [9.17, 15) is 13.2 Å². The monoisotopic (exact) mass is 353 g/mol. The first-order valence-corrected chi connectivity index (χ1v) is 8.18. The zero-order valence-corrected chi connectivity index (χ0v) is 13.7. The first kappa shape index (κ1) is 16.5. The van der Waals surface area contributed by atoms with Gasteiger partial charge in [-0.3, -0.25) is 14.8 Å². The van der Waals surface area contributed by atoms with Crippen molar-refractivity contribution >= 4 is 0 Å². The number of pyridine rings is 1. The molecule has 134 valence electrons. The lowest BCUT2D eigenvalue weighted by Gasteiger charge is -2.56. The molecule has 2 unspecified atom stereocenters.